The van der Waals surface area contributed by atoms with Gasteiger partial charge in [0.15, 0.2) is 0 Å². The highest BCUT2D eigenvalue weighted by Crippen LogP contribution is 2.37. The normalized spacial score (nSPS) is 11.8. The van der Waals surface area contributed by atoms with Crippen molar-refractivity contribution < 1.29 is 30.8 Å². The summed E-state index contributed by atoms with van der Waals surface area (Å²) in [5, 5.41) is 2.19. The molecular weight excluding hydrogens is 1010 g/mol. The van der Waals surface area contributed by atoms with Gasteiger partial charge in [-0.15, -0.1) is 0 Å². The lowest BCUT2D eigenvalue weighted by atomic mass is 9.84. The standard InChI is InChI=1S/C32H37N3O3S.C29H35FN2O3S.C2H6/c1-21(2)29-16-26(25-10-9-24-13-14-33-19-27(24)15-25)17-30(22(3)4)31(29)18-32(36)34-39(37,38)28-11-7-23(8-12-28)20-35(5)6;1-19(2)25-15-22(24-9-7-8-10-28(24)30)16-26(20(3)4)27(25)17-29(33)31-36(34,35)23-13-11-21(12-14-23)18-32(5)6;1-2/h7-17,19,21-22H,18,20H2,1-6H3,(H,34,36);7-16,19-20H,17-18H2,1-6H3,(H,31,33);1-2H3. The Balaban J connectivity index is 0.000000276. The fourth-order valence-corrected chi connectivity index (χ4v) is 11.2. The highest BCUT2D eigenvalue weighted by molar-refractivity contribution is 7.90. The fraction of sp³-hybridized carbons (Fsp3) is 0.349. The molecule has 14 heteroatoms. The van der Waals surface area contributed by atoms with Gasteiger partial charge in [-0.25, -0.2) is 30.7 Å². The third kappa shape index (κ3) is 16.5. The van der Waals surface area contributed by atoms with Crippen LogP contribution < -0.4 is 9.44 Å². The number of pyridine rings is 1. The molecular formula is C63H78FN5O6S2. The maximum atomic E-state index is 14.6. The Morgan fingerprint density at radius 2 is 0.909 bits per heavy atom. The monoisotopic (exact) mass is 1080 g/mol. The first kappa shape index (κ1) is 61.3. The van der Waals surface area contributed by atoms with Crippen LogP contribution in [0.2, 0.25) is 0 Å². The Morgan fingerprint density at radius 3 is 1.30 bits per heavy atom. The fourth-order valence-electron chi connectivity index (χ4n) is 9.28. The number of amides is 2. The molecule has 77 heavy (non-hydrogen) atoms. The Morgan fingerprint density at radius 1 is 0.506 bits per heavy atom. The number of nitrogens with zero attached hydrogens (tertiary/aromatic N) is 3. The van der Waals surface area contributed by atoms with E-state index in [1.165, 1.54) is 18.2 Å². The minimum absolute atomic E-state index is 0.0130. The largest absolute Gasteiger partial charge is 0.305 e. The molecule has 0 aliphatic carbocycles. The minimum atomic E-state index is -4.01. The van der Waals surface area contributed by atoms with Crippen molar-refractivity contribution in [3.63, 3.8) is 0 Å². The molecule has 2 amide bonds. The van der Waals surface area contributed by atoms with Gasteiger partial charge in [0.2, 0.25) is 11.8 Å². The average molecular weight is 1080 g/mol. The van der Waals surface area contributed by atoms with Crippen molar-refractivity contribution in [2.75, 3.05) is 28.2 Å². The summed E-state index contributed by atoms with van der Waals surface area (Å²) in [5.41, 5.74) is 10.9. The minimum Gasteiger partial charge on any atom is -0.305 e. The summed E-state index contributed by atoms with van der Waals surface area (Å²) in [5.74, 6) is -1.05. The van der Waals surface area contributed by atoms with E-state index in [4.69, 9.17) is 0 Å². The zero-order chi connectivity index (χ0) is 56.9. The van der Waals surface area contributed by atoms with Crippen molar-refractivity contribution in [2.45, 2.75) is 129 Å². The highest BCUT2D eigenvalue weighted by Gasteiger charge is 2.25. The molecule has 0 spiro atoms. The van der Waals surface area contributed by atoms with E-state index in [0.29, 0.717) is 18.7 Å². The number of sulfonamides is 2. The lowest BCUT2D eigenvalue weighted by Gasteiger charge is -2.22. The van der Waals surface area contributed by atoms with Crippen LogP contribution in [-0.4, -0.2) is 71.6 Å². The number of aromatic nitrogens is 1. The van der Waals surface area contributed by atoms with Crippen LogP contribution in [0, 0.1) is 5.82 Å². The van der Waals surface area contributed by atoms with Crippen LogP contribution in [0.25, 0.3) is 33.0 Å². The van der Waals surface area contributed by atoms with Gasteiger partial charge in [-0.2, -0.15) is 0 Å². The molecule has 0 fully saturated rings. The second kappa shape index (κ2) is 27.1. The molecule has 0 saturated carbocycles. The Bertz CT molecular complexity index is 3310. The van der Waals surface area contributed by atoms with Crippen LogP contribution in [0.1, 0.15) is 137 Å². The van der Waals surface area contributed by atoms with E-state index in [9.17, 15) is 30.8 Å². The second-order valence-corrected chi connectivity index (χ2v) is 24.3. The first-order valence-corrected chi connectivity index (χ1v) is 29.3. The van der Waals surface area contributed by atoms with Crippen molar-refractivity contribution >= 4 is 42.6 Å². The van der Waals surface area contributed by atoms with Crippen molar-refractivity contribution in [1.82, 2.24) is 24.2 Å². The Kier molecular flexibility index (Phi) is 21.6. The average Bonchev–Trinajstić information content (AvgIpc) is 3.36. The molecule has 7 rings (SSSR count). The third-order valence-corrected chi connectivity index (χ3v) is 15.7. The Hall–Kier alpha value is -6.58. The molecule has 410 valence electrons. The summed E-state index contributed by atoms with van der Waals surface area (Å²) < 4.78 is 70.9. The smallest absolute Gasteiger partial charge is 0.264 e. The number of carbonyl (C=O) groups is 2. The maximum Gasteiger partial charge on any atom is 0.264 e. The van der Waals surface area contributed by atoms with E-state index in [0.717, 1.165) is 72.0 Å². The van der Waals surface area contributed by atoms with Gasteiger partial charge in [-0.05, 0) is 161 Å². The van der Waals surface area contributed by atoms with Gasteiger partial charge in [0, 0.05) is 36.4 Å². The predicted octanol–water partition coefficient (Wildman–Crippen LogP) is 13.1. The lowest BCUT2D eigenvalue weighted by Crippen LogP contribution is -2.32. The van der Waals surface area contributed by atoms with Gasteiger partial charge in [-0.1, -0.05) is 148 Å². The quantitative estimate of drug-likeness (QED) is 0.0857. The molecule has 0 saturated heterocycles. The molecule has 1 aromatic heterocycles. The zero-order valence-corrected chi connectivity index (χ0v) is 49.0. The highest BCUT2D eigenvalue weighted by atomic mass is 32.2. The van der Waals surface area contributed by atoms with Crippen molar-refractivity contribution in [1.29, 1.82) is 0 Å². The summed E-state index contributed by atoms with van der Waals surface area (Å²) in [4.78, 5) is 34.5. The lowest BCUT2D eigenvalue weighted by molar-refractivity contribution is -0.119. The molecule has 0 radical (unpaired) electrons. The van der Waals surface area contributed by atoms with E-state index in [1.54, 1.807) is 60.8 Å². The molecule has 0 aliphatic heterocycles. The molecule has 0 atom stereocenters. The molecule has 6 aromatic carbocycles. The van der Waals surface area contributed by atoms with E-state index in [-0.39, 0.29) is 52.1 Å². The first-order valence-electron chi connectivity index (χ1n) is 26.3. The van der Waals surface area contributed by atoms with Gasteiger partial charge < -0.3 is 9.80 Å². The number of rotatable bonds is 18. The molecule has 1 heterocycles. The van der Waals surface area contributed by atoms with Crippen LogP contribution >= 0.6 is 0 Å². The zero-order valence-electron chi connectivity index (χ0n) is 47.3. The van der Waals surface area contributed by atoms with Crippen LogP contribution in [0.3, 0.4) is 0 Å². The summed E-state index contributed by atoms with van der Waals surface area (Å²) in [6, 6.07) is 36.2. The van der Waals surface area contributed by atoms with Crippen molar-refractivity contribution in [2.24, 2.45) is 0 Å². The third-order valence-electron chi connectivity index (χ3n) is 12.9. The molecule has 0 unspecified atom stereocenters. The number of hydrogen-bond acceptors (Lipinski definition) is 9. The maximum absolute atomic E-state index is 14.6. The second-order valence-electron chi connectivity index (χ2n) is 21.0. The number of hydrogen-bond donors (Lipinski definition) is 2. The Labute approximate surface area is 458 Å². The van der Waals surface area contributed by atoms with E-state index < -0.39 is 31.9 Å². The topological polar surface area (TPSA) is 146 Å². The predicted molar refractivity (Wildman–Crippen MR) is 312 cm³/mol. The SMILES string of the molecule is CC.CC(C)c1cc(-c2ccc3ccncc3c2)cc(C(C)C)c1CC(=O)NS(=O)(=O)c1ccc(CN(C)C)cc1.CC(C)c1cc(-c2ccccc2F)cc(C(C)C)c1CC(=O)NS(=O)(=O)c1ccc(CN(C)C)cc1. The number of halogens is 1. The summed E-state index contributed by atoms with van der Waals surface area (Å²) in [7, 11) is -0.219. The summed E-state index contributed by atoms with van der Waals surface area (Å²) >= 11 is 0. The molecule has 0 aliphatic rings. The summed E-state index contributed by atoms with van der Waals surface area (Å²) in [6.45, 7) is 21.8. The van der Waals surface area contributed by atoms with E-state index in [2.05, 4.69) is 72.5 Å². The number of nitrogens with one attached hydrogen (secondary N) is 2. The van der Waals surface area contributed by atoms with Crippen molar-refractivity contribution in [3.05, 3.63) is 184 Å². The van der Waals surface area contributed by atoms with Gasteiger partial charge >= 0.3 is 0 Å². The molecule has 0 bridgehead atoms. The van der Waals surface area contributed by atoms with Gasteiger partial charge in [-0.3, -0.25) is 14.6 Å². The van der Waals surface area contributed by atoms with Crippen LogP contribution in [0.5, 0.6) is 0 Å². The van der Waals surface area contributed by atoms with Crippen molar-refractivity contribution in [3.8, 4) is 22.3 Å². The van der Waals surface area contributed by atoms with Crippen LogP contribution in [0.4, 0.5) is 4.39 Å². The van der Waals surface area contributed by atoms with Crippen LogP contribution in [-0.2, 0) is 55.6 Å². The molecule has 11 nitrogen and oxygen atoms in total. The number of benzene rings is 6. The first-order chi connectivity index (χ1) is 36.3. The van der Waals surface area contributed by atoms with E-state index in [1.807, 2.05) is 104 Å². The summed E-state index contributed by atoms with van der Waals surface area (Å²) in [6.07, 6.45) is 3.55. The molecule has 7 aromatic rings. The molecule has 2 N–H and O–H groups in total. The van der Waals surface area contributed by atoms with E-state index >= 15 is 0 Å². The number of fused-ring (bicyclic) bond motifs is 1. The van der Waals surface area contributed by atoms with Gasteiger partial charge in [0.1, 0.15) is 5.82 Å². The van der Waals surface area contributed by atoms with Crippen LogP contribution in [0.15, 0.2) is 144 Å². The van der Waals surface area contributed by atoms with Gasteiger partial charge in [0.25, 0.3) is 20.0 Å². The van der Waals surface area contributed by atoms with Gasteiger partial charge in [0.05, 0.1) is 22.6 Å². The number of carbonyl (C=O) groups excluding carboxylic acids is 2.